The highest BCUT2D eigenvalue weighted by Gasteiger charge is 2.25. The molecule has 0 radical (unpaired) electrons. The zero-order valence-corrected chi connectivity index (χ0v) is 11.2. The SMILES string of the molecule is C[C@H](n1ccc2c(C#N)c(C#N)ccc21)C(C)(C)O. The molecule has 0 unspecified atom stereocenters. The van der Waals surface area contributed by atoms with Crippen LogP contribution in [0.4, 0.5) is 0 Å². The lowest BCUT2D eigenvalue weighted by atomic mass is 10.00. The van der Waals surface area contributed by atoms with Crippen LogP contribution in [-0.4, -0.2) is 15.3 Å². The normalized spacial score (nSPS) is 12.9. The van der Waals surface area contributed by atoms with Gasteiger partial charge in [-0.05, 0) is 39.0 Å². The van der Waals surface area contributed by atoms with Gasteiger partial charge in [0.2, 0.25) is 0 Å². The number of aromatic nitrogens is 1. The van der Waals surface area contributed by atoms with Gasteiger partial charge in [0.25, 0.3) is 0 Å². The lowest BCUT2D eigenvalue weighted by Crippen LogP contribution is -2.30. The molecule has 0 aliphatic rings. The molecule has 2 rings (SSSR count). The molecule has 1 atom stereocenters. The number of fused-ring (bicyclic) bond motifs is 1. The molecule has 96 valence electrons. The summed E-state index contributed by atoms with van der Waals surface area (Å²) in [4.78, 5) is 0. The van der Waals surface area contributed by atoms with E-state index in [1.54, 1.807) is 19.9 Å². The molecule has 1 heterocycles. The molecule has 1 aromatic heterocycles. The van der Waals surface area contributed by atoms with E-state index in [1.807, 2.05) is 35.9 Å². The van der Waals surface area contributed by atoms with Crippen LogP contribution in [0, 0.1) is 22.7 Å². The van der Waals surface area contributed by atoms with Crippen molar-refractivity contribution in [3.63, 3.8) is 0 Å². The number of rotatable bonds is 2. The Balaban J connectivity index is 2.71. The average Bonchev–Trinajstić information content (AvgIpc) is 2.78. The van der Waals surface area contributed by atoms with Crippen LogP contribution in [0.2, 0.25) is 0 Å². The standard InChI is InChI=1S/C15H15N3O/c1-10(15(2,3)19)18-7-6-12-13(9-17)11(8-16)4-5-14(12)18/h4-7,10,19H,1-3H3/t10-/m0/s1. The molecule has 0 saturated heterocycles. The number of hydrogen-bond acceptors (Lipinski definition) is 3. The van der Waals surface area contributed by atoms with Crippen LogP contribution in [-0.2, 0) is 0 Å². The summed E-state index contributed by atoms with van der Waals surface area (Å²) in [5.74, 6) is 0. The molecule has 4 heteroatoms. The molecule has 0 fully saturated rings. The van der Waals surface area contributed by atoms with Gasteiger partial charge in [0, 0.05) is 17.1 Å². The summed E-state index contributed by atoms with van der Waals surface area (Å²) >= 11 is 0. The highest BCUT2D eigenvalue weighted by atomic mass is 16.3. The molecule has 2 aromatic rings. The van der Waals surface area contributed by atoms with E-state index in [-0.39, 0.29) is 6.04 Å². The first-order chi connectivity index (χ1) is 8.90. The van der Waals surface area contributed by atoms with Crippen molar-refractivity contribution in [1.82, 2.24) is 4.57 Å². The second-order valence-electron chi connectivity index (χ2n) is 5.20. The van der Waals surface area contributed by atoms with Gasteiger partial charge >= 0.3 is 0 Å². The van der Waals surface area contributed by atoms with Gasteiger partial charge in [-0.2, -0.15) is 10.5 Å². The van der Waals surface area contributed by atoms with E-state index in [1.165, 1.54) is 0 Å². The molecule has 0 aliphatic carbocycles. The van der Waals surface area contributed by atoms with Crippen LogP contribution >= 0.6 is 0 Å². The first kappa shape index (κ1) is 13.1. The molecule has 1 aromatic carbocycles. The van der Waals surface area contributed by atoms with Gasteiger partial charge in [0.15, 0.2) is 0 Å². The Kier molecular flexibility index (Phi) is 3.06. The summed E-state index contributed by atoms with van der Waals surface area (Å²) in [5.41, 5.74) is 0.752. The molecule has 0 bridgehead atoms. The van der Waals surface area contributed by atoms with Crippen LogP contribution in [0.25, 0.3) is 10.9 Å². The van der Waals surface area contributed by atoms with Crippen molar-refractivity contribution in [2.24, 2.45) is 0 Å². The number of nitriles is 2. The summed E-state index contributed by atoms with van der Waals surface area (Å²) in [7, 11) is 0. The lowest BCUT2D eigenvalue weighted by Gasteiger charge is -2.28. The average molecular weight is 253 g/mol. The van der Waals surface area contributed by atoms with Crippen molar-refractivity contribution in [3.05, 3.63) is 35.5 Å². The van der Waals surface area contributed by atoms with Crippen LogP contribution in [0.3, 0.4) is 0 Å². The second-order valence-corrected chi connectivity index (χ2v) is 5.20. The van der Waals surface area contributed by atoms with Crippen molar-refractivity contribution in [1.29, 1.82) is 10.5 Å². The van der Waals surface area contributed by atoms with E-state index in [0.29, 0.717) is 11.1 Å². The summed E-state index contributed by atoms with van der Waals surface area (Å²) < 4.78 is 1.93. The Morgan fingerprint density at radius 3 is 2.42 bits per heavy atom. The maximum absolute atomic E-state index is 10.1. The number of aliphatic hydroxyl groups is 1. The van der Waals surface area contributed by atoms with E-state index in [2.05, 4.69) is 6.07 Å². The topological polar surface area (TPSA) is 72.7 Å². The number of benzene rings is 1. The fourth-order valence-corrected chi connectivity index (χ4v) is 2.13. The van der Waals surface area contributed by atoms with Crippen molar-refractivity contribution in [2.45, 2.75) is 32.4 Å². The van der Waals surface area contributed by atoms with Crippen molar-refractivity contribution in [3.8, 4) is 12.1 Å². The van der Waals surface area contributed by atoms with Crippen molar-refractivity contribution in [2.75, 3.05) is 0 Å². The van der Waals surface area contributed by atoms with Crippen LogP contribution in [0.1, 0.15) is 37.9 Å². The molecule has 1 N–H and O–H groups in total. The first-order valence-electron chi connectivity index (χ1n) is 6.06. The summed E-state index contributed by atoms with van der Waals surface area (Å²) in [6, 6.07) is 9.25. The molecule has 0 spiro atoms. The molecular formula is C15H15N3O. The maximum Gasteiger partial charge on any atom is 0.101 e. The Hall–Kier alpha value is -2.30. The predicted octanol–water partition coefficient (Wildman–Crippen LogP) is 2.72. The van der Waals surface area contributed by atoms with Crippen molar-refractivity contribution < 1.29 is 5.11 Å². The van der Waals surface area contributed by atoms with Gasteiger partial charge in [-0.15, -0.1) is 0 Å². The Labute approximate surface area is 112 Å². The largest absolute Gasteiger partial charge is 0.388 e. The first-order valence-corrected chi connectivity index (χ1v) is 6.06. The van der Waals surface area contributed by atoms with E-state index in [9.17, 15) is 10.4 Å². The van der Waals surface area contributed by atoms with Crippen LogP contribution in [0.5, 0.6) is 0 Å². The van der Waals surface area contributed by atoms with E-state index in [4.69, 9.17) is 5.26 Å². The Bertz CT molecular complexity index is 708. The van der Waals surface area contributed by atoms with Crippen LogP contribution in [0.15, 0.2) is 24.4 Å². The number of hydrogen-bond donors (Lipinski definition) is 1. The van der Waals surface area contributed by atoms with Gasteiger partial charge in [-0.3, -0.25) is 0 Å². The zero-order valence-electron chi connectivity index (χ0n) is 11.2. The van der Waals surface area contributed by atoms with Gasteiger partial charge in [-0.25, -0.2) is 0 Å². The molecule has 0 saturated carbocycles. The van der Waals surface area contributed by atoms with E-state index < -0.39 is 5.60 Å². The summed E-state index contributed by atoms with van der Waals surface area (Å²) in [6.45, 7) is 5.42. The summed E-state index contributed by atoms with van der Waals surface area (Å²) in [6.07, 6.45) is 1.84. The minimum absolute atomic E-state index is 0.135. The molecule has 4 nitrogen and oxygen atoms in total. The monoisotopic (exact) mass is 253 g/mol. The fraction of sp³-hybridized carbons (Fsp3) is 0.333. The second kappa shape index (κ2) is 4.42. The van der Waals surface area contributed by atoms with Crippen molar-refractivity contribution >= 4 is 10.9 Å². The number of nitrogens with zero attached hydrogens (tertiary/aromatic N) is 3. The van der Waals surface area contributed by atoms with Gasteiger partial charge in [0.05, 0.1) is 22.8 Å². The Morgan fingerprint density at radius 1 is 1.21 bits per heavy atom. The minimum Gasteiger partial charge on any atom is -0.388 e. The smallest absolute Gasteiger partial charge is 0.101 e. The molecular weight excluding hydrogens is 238 g/mol. The third kappa shape index (κ3) is 2.07. The van der Waals surface area contributed by atoms with E-state index in [0.717, 1.165) is 10.9 Å². The molecule has 0 amide bonds. The highest BCUT2D eigenvalue weighted by Crippen LogP contribution is 2.29. The van der Waals surface area contributed by atoms with Crippen LogP contribution < -0.4 is 0 Å². The quantitative estimate of drug-likeness (QED) is 0.894. The fourth-order valence-electron chi connectivity index (χ4n) is 2.13. The van der Waals surface area contributed by atoms with Gasteiger partial charge in [-0.1, -0.05) is 0 Å². The van der Waals surface area contributed by atoms with Gasteiger partial charge in [0.1, 0.15) is 12.1 Å². The van der Waals surface area contributed by atoms with E-state index >= 15 is 0 Å². The molecule has 19 heavy (non-hydrogen) atoms. The predicted molar refractivity (Wildman–Crippen MR) is 72.4 cm³/mol. The zero-order chi connectivity index (χ0) is 14.2. The summed E-state index contributed by atoms with van der Waals surface area (Å²) in [5, 5.41) is 29.1. The third-order valence-electron chi connectivity index (χ3n) is 3.57. The third-order valence-corrected chi connectivity index (χ3v) is 3.57. The van der Waals surface area contributed by atoms with Gasteiger partial charge < -0.3 is 9.67 Å². The minimum atomic E-state index is -0.868. The molecule has 0 aliphatic heterocycles. The Morgan fingerprint density at radius 2 is 1.89 bits per heavy atom. The highest BCUT2D eigenvalue weighted by molar-refractivity contribution is 5.88. The lowest BCUT2D eigenvalue weighted by molar-refractivity contribution is 0.0322. The maximum atomic E-state index is 10.1.